The minimum absolute atomic E-state index is 0.0365. The van der Waals surface area contributed by atoms with E-state index in [-0.39, 0.29) is 22.5 Å². The average Bonchev–Trinajstić information content (AvgIpc) is 3.42. The van der Waals surface area contributed by atoms with E-state index in [1.807, 2.05) is 18.2 Å². The molecule has 0 aliphatic carbocycles. The number of morpholine rings is 1. The molecule has 2 bridgehead atoms. The third-order valence-electron chi connectivity index (χ3n) is 5.81. The van der Waals surface area contributed by atoms with Crippen molar-refractivity contribution >= 4 is 34.6 Å². The molecule has 3 aromatic rings. The molecule has 0 amide bonds. The van der Waals surface area contributed by atoms with E-state index in [4.69, 9.17) is 16.3 Å². The van der Waals surface area contributed by atoms with E-state index in [1.165, 1.54) is 24.4 Å². The van der Waals surface area contributed by atoms with E-state index in [0.717, 1.165) is 25.3 Å². The molecule has 2 aromatic carbocycles. The summed E-state index contributed by atoms with van der Waals surface area (Å²) in [6, 6.07) is 9.91. The van der Waals surface area contributed by atoms with E-state index >= 15 is 0 Å². The van der Waals surface area contributed by atoms with Crippen LogP contribution in [0, 0.1) is 11.6 Å². The standard InChI is InChI=1S/C21H16ClF2N5O/c22-14-8-25-29-18-7-11(28-9-13-6-12(28)10-30-13)4-5-17(18)26-20(27-21(14)29)19-15(23)2-1-3-16(19)24/h1-5,7-8,12-13H,6,9-10H2,(H,26,27)/t12-,13-/m0/s1. The smallest absolute Gasteiger partial charge is 0.176 e. The molecular formula is C21H16ClF2N5O. The molecule has 0 spiro atoms. The van der Waals surface area contributed by atoms with Crippen LogP contribution in [0.2, 0.25) is 5.02 Å². The second kappa shape index (κ2) is 6.52. The summed E-state index contributed by atoms with van der Waals surface area (Å²) < 4.78 is 36.2. The molecule has 3 aliphatic heterocycles. The molecule has 2 atom stereocenters. The van der Waals surface area contributed by atoms with Gasteiger partial charge in [0.15, 0.2) is 5.82 Å². The van der Waals surface area contributed by atoms with Crippen molar-refractivity contribution in [1.29, 1.82) is 0 Å². The van der Waals surface area contributed by atoms with Crippen LogP contribution in [0.25, 0.3) is 5.69 Å². The molecule has 0 unspecified atom stereocenters. The Morgan fingerprint density at radius 1 is 1.17 bits per heavy atom. The van der Waals surface area contributed by atoms with Gasteiger partial charge in [-0.2, -0.15) is 5.10 Å². The number of amidine groups is 1. The van der Waals surface area contributed by atoms with Crippen molar-refractivity contribution in [1.82, 2.24) is 9.78 Å². The molecule has 6 rings (SSSR count). The van der Waals surface area contributed by atoms with E-state index in [0.29, 0.717) is 23.2 Å². The molecule has 3 aliphatic rings. The monoisotopic (exact) mass is 427 g/mol. The van der Waals surface area contributed by atoms with Crippen LogP contribution in [-0.2, 0) is 4.74 Å². The zero-order valence-corrected chi connectivity index (χ0v) is 16.4. The Hall–Kier alpha value is -2.97. The third kappa shape index (κ3) is 2.64. The van der Waals surface area contributed by atoms with E-state index in [9.17, 15) is 8.78 Å². The number of rotatable bonds is 2. The number of nitrogens with one attached hydrogen (secondary N) is 1. The van der Waals surface area contributed by atoms with Gasteiger partial charge in [-0.25, -0.2) is 18.5 Å². The zero-order chi connectivity index (χ0) is 20.4. The van der Waals surface area contributed by atoms with Gasteiger partial charge in [-0.3, -0.25) is 0 Å². The summed E-state index contributed by atoms with van der Waals surface area (Å²) in [6.07, 6.45) is 2.76. The summed E-state index contributed by atoms with van der Waals surface area (Å²) >= 11 is 6.31. The van der Waals surface area contributed by atoms with Gasteiger partial charge in [-0.05, 0) is 36.8 Å². The molecule has 2 fully saturated rings. The molecular weight excluding hydrogens is 412 g/mol. The molecule has 4 heterocycles. The maximum absolute atomic E-state index is 14.5. The van der Waals surface area contributed by atoms with Crippen LogP contribution in [0.5, 0.6) is 0 Å². The van der Waals surface area contributed by atoms with Gasteiger partial charge >= 0.3 is 0 Å². The summed E-state index contributed by atoms with van der Waals surface area (Å²) in [4.78, 5) is 6.75. The van der Waals surface area contributed by atoms with Gasteiger partial charge in [0.1, 0.15) is 22.5 Å². The van der Waals surface area contributed by atoms with Crippen LogP contribution >= 0.6 is 11.6 Å². The lowest BCUT2D eigenvalue weighted by molar-refractivity contribution is 0.0991. The molecule has 6 nitrogen and oxygen atoms in total. The fourth-order valence-electron chi connectivity index (χ4n) is 4.40. The van der Waals surface area contributed by atoms with Crippen molar-refractivity contribution in [2.45, 2.75) is 18.6 Å². The van der Waals surface area contributed by atoms with Gasteiger partial charge in [0.2, 0.25) is 0 Å². The largest absolute Gasteiger partial charge is 0.374 e. The Balaban J connectivity index is 1.49. The second-order valence-electron chi connectivity index (χ2n) is 7.61. The second-order valence-corrected chi connectivity index (χ2v) is 8.02. The van der Waals surface area contributed by atoms with Crippen LogP contribution in [0.15, 0.2) is 47.6 Å². The lowest BCUT2D eigenvalue weighted by Gasteiger charge is -2.29. The quantitative estimate of drug-likeness (QED) is 0.663. The normalized spacial score (nSPS) is 21.7. The Bertz CT molecular complexity index is 1190. The maximum atomic E-state index is 14.5. The highest BCUT2D eigenvalue weighted by atomic mass is 35.5. The van der Waals surface area contributed by atoms with Crippen LogP contribution in [0.3, 0.4) is 0 Å². The molecule has 0 radical (unpaired) electrons. The molecule has 0 saturated carbocycles. The molecule has 30 heavy (non-hydrogen) atoms. The predicted molar refractivity (Wildman–Crippen MR) is 110 cm³/mol. The van der Waals surface area contributed by atoms with Crippen molar-refractivity contribution in [3.8, 4) is 5.69 Å². The van der Waals surface area contributed by atoms with Crippen molar-refractivity contribution in [2.75, 3.05) is 23.4 Å². The highest BCUT2D eigenvalue weighted by Crippen LogP contribution is 2.39. The molecule has 2 saturated heterocycles. The first-order chi connectivity index (χ1) is 14.6. The number of halogens is 3. The van der Waals surface area contributed by atoms with Crippen molar-refractivity contribution in [3.05, 3.63) is 64.8 Å². The number of hydrogen-bond donors (Lipinski definition) is 1. The first-order valence-electron chi connectivity index (χ1n) is 9.65. The number of hydrogen-bond acceptors (Lipinski definition) is 5. The lowest BCUT2D eigenvalue weighted by Crippen LogP contribution is -2.36. The first-order valence-corrected chi connectivity index (χ1v) is 10.0. The van der Waals surface area contributed by atoms with Crippen LogP contribution < -0.4 is 10.2 Å². The summed E-state index contributed by atoms with van der Waals surface area (Å²) in [5, 5.41) is 7.72. The number of benzene rings is 2. The number of fused-ring (bicyclic) bond motifs is 5. The molecule has 152 valence electrons. The van der Waals surface area contributed by atoms with Crippen LogP contribution in [-0.4, -0.2) is 40.9 Å². The SMILES string of the molecule is Fc1cccc(F)c1C1=Nc2c(Cl)cnn2-c2cc(N3C[C@@H]4C[C@H]3CO4)ccc2N1. The summed E-state index contributed by atoms with van der Waals surface area (Å²) in [7, 11) is 0. The number of aliphatic imine (C=N–C) groups is 1. The maximum Gasteiger partial charge on any atom is 0.176 e. The van der Waals surface area contributed by atoms with Crippen LogP contribution in [0.4, 0.5) is 26.0 Å². The fraction of sp³-hybridized carbons (Fsp3) is 0.238. The average molecular weight is 428 g/mol. The number of anilines is 2. The Labute approximate surface area is 175 Å². The fourth-order valence-corrected chi connectivity index (χ4v) is 4.56. The van der Waals surface area contributed by atoms with Gasteiger partial charge in [0, 0.05) is 12.2 Å². The Morgan fingerprint density at radius 3 is 2.73 bits per heavy atom. The van der Waals surface area contributed by atoms with Gasteiger partial charge in [-0.15, -0.1) is 0 Å². The minimum Gasteiger partial charge on any atom is -0.374 e. The van der Waals surface area contributed by atoms with Gasteiger partial charge in [0.25, 0.3) is 0 Å². The Kier molecular flexibility index (Phi) is 3.88. The highest BCUT2D eigenvalue weighted by molar-refractivity contribution is 6.33. The molecule has 1 aromatic heterocycles. The summed E-state index contributed by atoms with van der Waals surface area (Å²) in [5.41, 5.74) is 2.12. The van der Waals surface area contributed by atoms with E-state index in [1.54, 1.807) is 4.68 Å². The van der Waals surface area contributed by atoms with Crippen molar-refractivity contribution in [2.24, 2.45) is 4.99 Å². The van der Waals surface area contributed by atoms with Crippen LogP contribution in [0.1, 0.15) is 12.0 Å². The van der Waals surface area contributed by atoms with Gasteiger partial charge < -0.3 is 15.0 Å². The predicted octanol–water partition coefficient (Wildman–Crippen LogP) is 4.29. The Morgan fingerprint density at radius 2 is 2.00 bits per heavy atom. The van der Waals surface area contributed by atoms with E-state index in [2.05, 4.69) is 20.3 Å². The van der Waals surface area contributed by atoms with E-state index < -0.39 is 11.6 Å². The summed E-state index contributed by atoms with van der Waals surface area (Å²) in [5.74, 6) is -1.08. The number of aromatic nitrogens is 2. The zero-order valence-electron chi connectivity index (χ0n) is 15.6. The number of ether oxygens (including phenoxy) is 1. The summed E-state index contributed by atoms with van der Waals surface area (Å²) in [6.45, 7) is 1.56. The van der Waals surface area contributed by atoms with Gasteiger partial charge in [-0.1, -0.05) is 17.7 Å². The lowest BCUT2D eigenvalue weighted by atomic mass is 10.1. The topological polar surface area (TPSA) is 54.7 Å². The van der Waals surface area contributed by atoms with Crippen molar-refractivity contribution < 1.29 is 13.5 Å². The van der Waals surface area contributed by atoms with Gasteiger partial charge in [0.05, 0.1) is 41.9 Å². The van der Waals surface area contributed by atoms with Crippen molar-refractivity contribution in [3.63, 3.8) is 0 Å². The first kappa shape index (κ1) is 17.9. The molecule has 9 heteroatoms. The molecule has 1 N–H and O–H groups in total. The number of nitrogens with zero attached hydrogens (tertiary/aromatic N) is 4. The third-order valence-corrected chi connectivity index (χ3v) is 6.08. The highest BCUT2D eigenvalue weighted by Gasteiger charge is 2.39. The minimum atomic E-state index is -0.711.